The minimum Gasteiger partial charge on any atom is -0.497 e. The van der Waals surface area contributed by atoms with E-state index in [1.807, 2.05) is 0 Å². The molecule has 0 saturated heterocycles. The average Bonchev–Trinajstić information content (AvgIpc) is 2.70. The van der Waals surface area contributed by atoms with Crippen LogP contribution in [0.15, 0.2) is 71.7 Å². The van der Waals surface area contributed by atoms with Gasteiger partial charge in [0.1, 0.15) is 5.75 Å². The molecule has 3 rings (SSSR count). The van der Waals surface area contributed by atoms with E-state index in [0.29, 0.717) is 17.0 Å². The SMILES string of the molecule is COc1ccc(NC(=O)c2ccc(=O)n(Cc3ccc(C(F)(F)F)cc3)c2)cc1. The van der Waals surface area contributed by atoms with Crippen molar-refractivity contribution in [2.45, 2.75) is 12.7 Å². The summed E-state index contributed by atoms with van der Waals surface area (Å²) in [4.78, 5) is 24.5. The van der Waals surface area contributed by atoms with Crippen LogP contribution >= 0.6 is 0 Å². The first-order valence-corrected chi connectivity index (χ1v) is 8.58. The molecule has 0 radical (unpaired) electrons. The van der Waals surface area contributed by atoms with Crippen molar-refractivity contribution in [3.8, 4) is 5.75 Å². The molecule has 1 aromatic heterocycles. The lowest BCUT2D eigenvalue weighted by Gasteiger charge is -2.11. The van der Waals surface area contributed by atoms with Gasteiger partial charge in [-0.2, -0.15) is 13.2 Å². The van der Waals surface area contributed by atoms with Gasteiger partial charge in [0.2, 0.25) is 0 Å². The van der Waals surface area contributed by atoms with Crippen LogP contribution in [0.25, 0.3) is 0 Å². The number of hydrogen-bond donors (Lipinski definition) is 1. The van der Waals surface area contributed by atoms with Gasteiger partial charge in [-0.05, 0) is 48.0 Å². The monoisotopic (exact) mass is 402 g/mol. The van der Waals surface area contributed by atoms with Crippen LogP contribution in [0.4, 0.5) is 18.9 Å². The third kappa shape index (κ3) is 5.04. The number of ether oxygens (including phenoxy) is 1. The maximum atomic E-state index is 12.7. The summed E-state index contributed by atoms with van der Waals surface area (Å²) in [5.41, 5.74) is 0.170. The zero-order chi connectivity index (χ0) is 21.0. The van der Waals surface area contributed by atoms with Gasteiger partial charge in [0.15, 0.2) is 0 Å². The molecule has 0 bridgehead atoms. The fourth-order valence-corrected chi connectivity index (χ4v) is 2.66. The maximum absolute atomic E-state index is 12.7. The van der Waals surface area contributed by atoms with E-state index >= 15 is 0 Å². The van der Waals surface area contributed by atoms with Crippen molar-refractivity contribution >= 4 is 11.6 Å². The highest BCUT2D eigenvalue weighted by Gasteiger charge is 2.29. The molecule has 0 spiro atoms. The molecule has 1 heterocycles. The van der Waals surface area contributed by atoms with Crippen LogP contribution in [0.3, 0.4) is 0 Å². The molecule has 3 aromatic rings. The highest BCUT2D eigenvalue weighted by Crippen LogP contribution is 2.29. The van der Waals surface area contributed by atoms with E-state index in [-0.39, 0.29) is 17.7 Å². The van der Waals surface area contributed by atoms with Gasteiger partial charge in [0, 0.05) is 18.0 Å². The van der Waals surface area contributed by atoms with Gasteiger partial charge in [0.05, 0.1) is 24.8 Å². The second kappa shape index (κ2) is 8.22. The van der Waals surface area contributed by atoms with Crippen LogP contribution < -0.4 is 15.6 Å². The van der Waals surface area contributed by atoms with Crippen LogP contribution in [0.5, 0.6) is 5.75 Å². The number of aromatic nitrogens is 1. The van der Waals surface area contributed by atoms with Crippen molar-refractivity contribution in [3.63, 3.8) is 0 Å². The number of pyridine rings is 1. The smallest absolute Gasteiger partial charge is 0.416 e. The van der Waals surface area contributed by atoms with Crippen molar-refractivity contribution in [3.05, 3.63) is 93.9 Å². The molecule has 150 valence electrons. The zero-order valence-electron chi connectivity index (χ0n) is 15.4. The number of carbonyl (C=O) groups excluding carboxylic acids is 1. The topological polar surface area (TPSA) is 60.3 Å². The maximum Gasteiger partial charge on any atom is 0.416 e. The van der Waals surface area contributed by atoms with Gasteiger partial charge >= 0.3 is 6.18 Å². The van der Waals surface area contributed by atoms with Gasteiger partial charge in [-0.3, -0.25) is 9.59 Å². The summed E-state index contributed by atoms with van der Waals surface area (Å²) < 4.78 is 44.3. The Hall–Kier alpha value is -3.55. The Morgan fingerprint density at radius 2 is 1.66 bits per heavy atom. The number of amides is 1. The molecule has 8 heteroatoms. The quantitative estimate of drug-likeness (QED) is 0.697. The van der Waals surface area contributed by atoms with Crippen LogP contribution in [0.1, 0.15) is 21.5 Å². The molecule has 1 N–H and O–H groups in total. The Morgan fingerprint density at radius 1 is 1.00 bits per heavy atom. The minimum atomic E-state index is -4.42. The molecule has 0 unspecified atom stereocenters. The number of nitrogens with zero attached hydrogens (tertiary/aromatic N) is 1. The molecular weight excluding hydrogens is 385 g/mol. The standard InChI is InChI=1S/C21H17F3N2O3/c1-29-18-9-7-17(8-10-18)25-20(28)15-4-11-19(27)26(13-15)12-14-2-5-16(6-3-14)21(22,23)24/h2-11,13H,12H2,1H3,(H,25,28). The highest BCUT2D eigenvalue weighted by atomic mass is 19.4. The van der Waals surface area contributed by atoms with E-state index in [9.17, 15) is 22.8 Å². The van der Waals surface area contributed by atoms with E-state index in [0.717, 1.165) is 12.1 Å². The second-order valence-electron chi connectivity index (χ2n) is 6.26. The van der Waals surface area contributed by atoms with Gasteiger partial charge < -0.3 is 14.6 Å². The highest BCUT2D eigenvalue weighted by molar-refractivity contribution is 6.04. The molecule has 0 aliphatic heterocycles. The molecule has 0 fully saturated rings. The number of nitrogens with one attached hydrogen (secondary N) is 1. The van der Waals surface area contributed by atoms with E-state index in [1.165, 1.54) is 42.1 Å². The number of carbonyl (C=O) groups is 1. The van der Waals surface area contributed by atoms with Gasteiger partial charge in [0.25, 0.3) is 11.5 Å². The van der Waals surface area contributed by atoms with Gasteiger partial charge in [-0.15, -0.1) is 0 Å². The molecule has 0 aliphatic rings. The lowest BCUT2D eigenvalue weighted by molar-refractivity contribution is -0.137. The van der Waals surface area contributed by atoms with E-state index < -0.39 is 17.6 Å². The second-order valence-corrected chi connectivity index (χ2v) is 6.26. The third-order valence-corrected chi connectivity index (χ3v) is 4.23. The Kier molecular flexibility index (Phi) is 5.72. The third-order valence-electron chi connectivity index (χ3n) is 4.23. The number of rotatable bonds is 5. The van der Waals surface area contributed by atoms with Crippen LogP contribution in [0, 0.1) is 0 Å². The number of benzene rings is 2. The Balaban J connectivity index is 1.76. The molecular formula is C21H17F3N2O3. The first kappa shape index (κ1) is 20.2. The predicted molar refractivity (Wildman–Crippen MR) is 102 cm³/mol. The summed E-state index contributed by atoms with van der Waals surface area (Å²) >= 11 is 0. The minimum absolute atomic E-state index is 0.0423. The predicted octanol–water partition coefficient (Wildman–Crippen LogP) is 4.18. The molecule has 0 aliphatic carbocycles. The normalized spacial score (nSPS) is 11.2. The molecule has 29 heavy (non-hydrogen) atoms. The van der Waals surface area contributed by atoms with Gasteiger partial charge in [-0.25, -0.2) is 0 Å². The summed E-state index contributed by atoms with van der Waals surface area (Å²) in [6.45, 7) is 0.0423. The van der Waals surface area contributed by atoms with Crippen molar-refractivity contribution < 1.29 is 22.7 Å². The summed E-state index contributed by atoms with van der Waals surface area (Å²) in [6.07, 6.45) is -3.05. The van der Waals surface area contributed by atoms with Crippen LogP contribution in [-0.2, 0) is 12.7 Å². The van der Waals surface area contributed by atoms with Crippen molar-refractivity contribution in [2.24, 2.45) is 0 Å². The van der Waals surface area contributed by atoms with E-state index in [4.69, 9.17) is 4.74 Å². The lowest BCUT2D eigenvalue weighted by atomic mass is 10.1. The fourth-order valence-electron chi connectivity index (χ4n) is 2.66. The Morgan fingerprint density at radius 3 is 2.24 bits per heavy atom. The number of alkyl halides is 3. The summed E-state index contributed by atoms with van der Waals surface area (Å²) in [6, 6.07) is 13.9. The summed E-state index contributed by atoms with van der Waals surface area (Å²) in [5, 5.41) is 2.71. The first-order chi connectivity index (χ1) is 13.8. The average molecular weight is 402 g/mol. The number of halogens is 3. The van der Waals surface area contributed by atoms with Crippen molar-refractivity contribution in [1.82, 2.24) is 4.57 Å². The summed E-state index contributed by atoms with van der Waals surface area (Å²) in [5.74, 6) is 0.226. The summed E-state index contributed by atoms with van der Waals surface area (Å²) in [7, 11) is 1.54. The Bertz CT molecular complexity index is 1060. The van der Waals surface area contributed by atoms with Gasteiger partial charge in [-0.1, -0.05) is 12.1 Å². The lowest BCUT2D eigenvalue weighted by Crippen LogP contribution is -2.22. The molecule has 5 nitrogen and oxygen atoms in total. The van der Waals surface area contributed by atoms with Crippen LogP contribution in [0.2, 0.25) is 0 Å². The number of anilines is 1. The Labute approximate surface area is 164 Å². The largest absolute Gasteiger partial charge is 0.497 e. The van der Waals surface area contributed by atoms with E-state index in [2.05, 4.69) is 5.32 Å². The zero-order valence-corrected chi connectivity index (χ0v) is 15.4. The molecule has 0 saturated carbocycles. The molecule has 2 aromatic carbocycles. The number of methoxy groups -OCH3 is 1. The fraction of sp³-hybridized carbons (Fsp3) is 0.143. The first-order valence-electron chi connectivity index (χ1n) is 8.58. The van der Waals surface area contributed by atoms with Crippen molar-refractivity contribution in [2.75, 3.05) is 12.4 Å². The molecule has 1 amide bonds. The van der Waals surface area contributed by atoms with E-state index in [1.54, 1.807) is 24.3 Å². The number of hydrogen-bond acceptors (Lipinski definition) is 3. The van der Waals surface area contributed by atoms with Crippen molar-refractivity contribution in [1.29, 1.82) is 0 Å². The van der Waals surface area contributed by atoms with Crippen LogP contribution in [-0.4, -0.2) is 17.6 Å². The molecule has 0 atom stereocenters.